The third-order valence-corrected chi connectivity index (χ3v) is 5.45. The monoisotopic (exact) mass is 443 g/mol. The number of benzene rings is 3. The van der Waals surface area contributed by atoms with Crippen LogP contribution in [0.15, 0.2) is 78.9 Å². The fourth-order valence-corrected chi connectivity index (χ4v) is 3.63. The summed E-state index contributed by atoms with van der Waals surface area (Å²) >= 11 is 0. The molecular formula is C26H25N3O4. The molecule has 0 bridgehead atoms. The van der Waals surface area contributed by atoms with E-state index in [0.717, 1.165) is 16.0 Å². The van der Waals surface area contributed by atoms with Gasteiger partial charge >= 0.3 is 6.03 Å². The standard InChI is InChI=1S/C26H25N3O4/c1-18-8-12-22(13-9-18)29-19(2)25(31)28(26(29)32)16-24(30)27-21-10-14-23(15-11-21)33-17-20-6-4-3-5-7-20/h3-15,19H,16-17H2,1-2H3,(H,27,30)/t19-/m1/s1. The molecule has 1 heterocycles. The molecule has 4 rings (SSSR count). The molecule has 7 nitrogen and oxygen atoms in total. The van der Waals surface area contributed by atoms with Crippen LogP contribution in [0.4, 0.5) is 16.2 Å². The molecule has 0 aromatic heterocycles. The Morgan fingerprint density at radius 1 is 0.939 bits per heavy atom. The number of hydrogen-bond donors (Lipinski definition) is 1. The fraction of sp³-hybridized carbons (Fsp3) is 0.192. The number of imide groups is 1. The Balaban J connectivity index is 1.34. The summed E-state index contributed by atoms with van der Waals surface area (Å²) in [4.78, 5) is 40.5. The Morgan fingerprint density at radius 2 is 1.61 bits per heavy atom. The molecule has 0 spiro atoms. The molecule has 0 unspecified atom stereocenters. The van der Waals surface area contributed by atoms with E-state index >= 15 is 0 Å². The molecule has 1 aliphatic heterocycles. The number of rotatable bonds is 7. The van der Waals surface area contributed by atoms with Crippen LogP contribution in [-0.4, -0.2) is 35.3 Å². The van der Waals surface area contributed by atoms with Gasteiger partial charge in [-0.3, -0.25) is 19.4 Å². The molecule has 1 fully saturated rings. The first-order chi connectivity index (χ1) is 15.9. The Hall–Kier alpha value is -4.13. The second-order valence-electron chi connectivity index (χ2n) is 7.94. The van der Waals surface area contributed by atoms with Crippen LogP contribution in [0.5, 0.6) is 5.75 Å². The number of amides is 4. The van der Waals surface area contributed by atoms with Gasteiger partial charge < -0.3 is 10.1 Å². The van der Waals surface area contributed by atoms with Crippen molar-refractivity contribution in [2.45, 2.75) is 26.5 Å². The molecular weight excluding hydrogens is 418 g/mol. The Bertz CT molecular complexity index is 1140. The van der Waals surface area contributed by atoms with E-state index in [4.69, 9.17) is 4.74 Å². The van der Waals surface area contributed by atoms with Gasteiger partial charge in [-0.25, -0.2) is 4.79 Å². The van der Waals surface area contributed by atoms with Gasteiger partial charge in [0.2, 0.25) is 5.91 Å². The van der Waals surface area contributed by atoms with Gasteiger partial charge in [0.05, 0.1) is 0 Å². The summed E-state index contributed by atoms with van der Waals surface area (Å²) in [5, 5.41) is 2.73. The quantitative estimate of drug-likeness (QED) is 0.550. The zero-order valence-corrected chi connectivity index (χ0v) is 18.5. The molecule has 1 N–H and O–H groups in total. The third-order valence-electron chi connectivity index (χ3n) is 5.45. The Morgan fingerprint density at radius 3 is 2.27 bits per heavy atom. The minimum atomic E-state index is -0.672. The number of carbonyl (C=O) groups is 3. The molecule has 0 aliphatic carbocycles. The maximum Gasteiger partial charge on any atom is 0.332 e. The molecule has 1 aliphatic rings. The lowest BCUT2D eigenvalue weighted by atomic mass is 10.2. The van der Waals surface area contributed by atoms with Crippen LogP contribution in [0.25, 0.3) is 0 Å². The van der Waals surface area contributed by atoms with E-state index in [1.807, 2.05) is 49.4 Å². The van der Waals surface area contributed by atoms with E-state index in [2.05, 4.69) is 5.32 Å². The highest BCUT2D eigenvalue weighted by Gasteiger charge is 2.44. The predicted octanol–water partition coefficient (Wildman–Crippen LogP) is 4.37. The number of ether oxygens (including phenoxy) is 1. The number of urea groups is 1. The highest BCUT2D eigenvalue weighted by atomic mass is 16.5. The smallest absolute Gasteiger partial charge is 0.332 e. The molecule has 0 radical (unpaired) electrons. The van der Waals surface area contributed by atoms with Crippen LogP contribution in [0.1, 0.15) is 18.1 Å². The normalized spacial score (nSPS) is 15.6. The van der Waals surface area contributed by atoms with Crippen molar-refractivity contribution in [3.8, 4) is 5.75 Å². The van der Waals surface area contributed by atoms with Gasteiger partial charge in [0.1, 0.15) is 24.9 Å². The summed E-state index contributed by atoms with van der Waals surface area (Å²) in [6, 6.07) is 22.9. The van der Waals surface area contributed by atoms with Gasteiger partial charge in [-0.15, -0.1) is 0 Å². The van der Waals surface area contributed by atoms with Crippen molar-refractivity contribution in [2.75, 3.05) is 16.8 Å². The largest absolute Gasteiger partial charge is 0.489 e. The molecule has 3 aromatic rings. The van der Waals surface area contributed by atoms with Crippen LogP contribution in [0.2, 0.25) is 0 Å². The molecule has 1 saturated heterocycles. The second-order valence-corrected chi connectivity index (χ2v) is 7.94. The fourth-order valence-electron chi connectivity index (χ4n) is 3.63. The maximum absolute atomic E-state index is 12.9. The first-order valence-corrected chi connectivity index (χ1v) is 10.7. The van der Waals surface area contributed by atoms with Gasteiger partial charge in [0.25, 0.3) is 5.91 Å². The average molecular weight is 444 g/mol. The number of aryl methyl sites for hydroxylation is 1. The summed E-state index contributed by atoms with van der Waals surface area (Å²) in [7, 11) is 0. The predicted molar refractivity (Wildman–Crippen MR) is 126 cm³/mol. The summed E-state index contributed by atoms with van der Waals surface area (Å²) in [6.45, 7) is 3.70. The SMILES string of the molecule is Cc1ccc(N2C(=O)N(CC(=O)Nc3ccc(OCc4ccccc4)cc3)C(=O)[C@H]2C)cc1. The minimum absolute atomic E-state index is 0.351. The lowest BCUT2D eigenvalue weighted by Gasteiger charge is -2.19. The van der Waals surface area contributed by atoms with Crippen molar-refractivity contribution in [1.82, 2.24) is 4.90 Å². The van der Waals surface area contributed by atoms with E-state index in [1.54, 1.807) is 43.3 Å². The van der Waals surface area contributed by atoms with Gasteiger partial charge in [-0.1, -0.05) is 48.0 Å². The van der Waals surface area contributed by atoms with E-state index in [0.29, 0.717) is 23.7 Å². The Labute approximate surface area is 192 Å². The van der Waals surface area contributed by atoms with Crippen molar-refractivity contribution < 1.29 is 19.1 Å². The molecule has 4 amide bonds. The number of carbonyl (C=O) groups excluding carboxylic acids is 3. The number of nitrogens with one attached hydrogen (secondary N) is 1. The van der Waals surface area contributed by atoms with Crippen LogP contribution in [-0.2, 0) is 16.2 Å². The van der Waals surface area contributed by atoms with Crippen LogP contribution in [0, 0.1) is 6.92 Å². The number of hydrogen-bond acceptors (Lipinski definition) is 4. The van der Waals surface area contributed by atoms with E-state index in [9.17, 15) is 14.4 Å². The summed E-state index contributed by atoms with van der Waals surface area (Å²) in [5.74, 6) is -0.183. The lowest BCUT2D eigenvalue weighted by Crippen LogP contribution is -2.39. The minimum Gasteiger partial charge on any atom is -0.489 e. The topological polar surface area (TPSA) is 79.0 Å². The van der Waals surface area contributed by atoms with E-state index in [1.165, 1.54) is 4.90 Å². The summed E-state index contributed by atoms with van der Waals surface area (Å²) < 4.78 is 5.74. The van der Waals surface area contributed by atoms with E-state index in [-0.39, 0.29) is 6.54 Å². The Kier molecular flexibility index (Phi) is 6.40. The molecule has 3 aromatic carbocycles. The van der Waals surface area contributed by atoms with Crippen molar-refractivity contribution in [2.24, 2.45) is 0 Å². The molecule has 33 heavy (non-hydrogen) atoms. The van der Waals surface area contributed by atoms with Crippen molar-refractivity contribution in [1.29, 1.82) is 0 Å². The molecule has 168 valence electrons. The van der Waals surface area contributed by atoms with Gasteiger partial charge in [0.15, 0.2) is 0 Å². The first kappa shape index (κ1) is 22.1. The van der Waals surface area contributed by atoms with Gasteiger partial charge in [-0.2, -0.15) is 0 Å². The van der Waals surface area contributed by atoms with Crippen LogP contribution in [0.3, 0.4) is 0 Å². The zero-order chi connectivity index (χ0) is 23.4. The van der Waals surface area contributed by atoms with Gasteiger partial charge in [-0.05, 0) is 55.8 Å². The van der Waals surface area contributed by atoms with Crippen molar-refractivity contribution in [3.05, 3.63) is 90.0 Å². The van der Waals surface area contributed by atoms with Crippen molar-refractivity contribution >= 4 is 29.2 Å². The van der Waals surface area contributed by atoms with Gasteiger partial charge in [0, 0.05) is 11.4 Å². The maximum atomic E-state index is 12.9. The highest BCUT2D eigenvalue weighted by molar-refractivity contribution is 6.16. The second kappa shape index (κ2) is 9.56. The zero-order valence-electron chi connectivity index (χ0n) is 18.5. The number of nitrogens with zero attached hydrogens (tertiary/aromatic N) is 2. The highest BCUT2D eigenvalue weighted by Crippen LogP contribution is 2.26. The molecule has 1 atom stereocenters. The van der Waals surface area contributed by atoms with Crippen LogP contribution >= 0.6 is 0 Å². The number of anilines is 2. The van der Waals surface area contributed by atoms with E-state index < -0.39 is 23.9 Å². The van der Waals surface area contributed by atoms with Crippen molar-refractivity contribution in [3.63, 3.8) is 0 Å². The first-order valence-electron chi connectivity index (χ1n) is 10.7. The molecule has 7 heteroatoms. The lowest BCUT2D eigenvalue weighted by molar-refractivity contribution is -0.130. The summed E-state index contributed by atoms with van der Waals surface area (Å²) in [5.41, 5.74) is 3.29. The third kappa shape index (κ3) is 5.03. The average Bonchev–Trinajstić information content (AvgIpc) is 3.03. The summed E-state index contributed by atoms with van der Waals surface area (Å²) in [6.07, 6.45) is 0. The molecule has 0 saturated carbocycles. The van der Waals surface area contributed by atoms with Crippen LogP contribution < -0.4 is 15.0 Å².